The maximum absolute atomic E-state index is 11.9. The molecule has 17 heavy (non-hydrogen) atoms. The molecule has 0 unspecified atom stereocenters. The number of carbonyl (C=O) groups excluding carboxylic acids is 1. The lowest BCUT2D eigenvalue weighted by atomic mass is 10.2. The van der Waals surface area contributed by atoms with Crippen molar-refractivity contribution in [1.82, 2.24) is 10.2 Å². The molecule has 3 N–H and O–H groups in total. The first-order valence-electron chi connectivity index (χ1n) is 6.98. The highest BCUT2D eigenvalue weighted by Gasteiger charge is 2.18. The van der Waals surface area contributed by atoms with Gasteiger partial charge >= 0.3 is 0 Å². The van der Waals surface area contributed by atoms with Crippen molar-refractivity contribution in [2.75, 3.05) is 26.2 Å². The molecule has 1 fully saturated rings. The fourth-order valence-electron chi connectivity index (χ4n) is 2.45. The van der Waals surface area contributed by atoms with Gasteiger partial charge in [-0.15, -0.1) is 0 Å². The highest BCUT2D eigenvalue weighted by Crippen LogP contribution is 2.17. The van der Waals surface area contributed by atoms with E-state index in [1.54, 1.807) is 0 Å². The van der Waals surface area contributed by atoms with E-state index in [0.717, 1.165) is 38.8 Å². The Morgan fingerprint density at radius 2 is 2.06 bits per heavy atom. The van der Waals surface area contributed by atoms with Crippen LogP contribution in [0.2, 0.25) is 0 Å². The molecule has 0 atom stereocenters. The summed E-state index contributed by atoms with van der Waals surface area (Å²) in [4.78, 5) is 14.1. The van der Waals surface area contributed by atoms with E-state index in [4.69, 9.17) is 5.73 Å². The van der Waals surface area contributed by atoms with Gasteiger partial charge in [-0.2, -0.15) is 0 Å². The zero-order chi connectivity index (χ0) is 12.5. The minimum absolute atomic E-state index is 0.183. The Morgan fingerprint density at radius 3 is 2.65 bits per heavy atom. The SMILES string of the molecule is CCCN(CCCN)CC(=O)NC1CCCC1. The van der Waals surface area contributed by atoms with Crippen LogP contribution in [-0.2, 0) is 4.79 Å². The minimum atomic E-state index is 0.183. The molecule has 1 aliphatic rings. The Kier molecular flexibility index (Phi) is 7.21. The van der Waals surface area contributed by atoms with Gasteiger partial charge in [-0.25, -0.2) is 0 Å². The number of amides is 1. The number of hydrogen-bond donors (Lipinski definition) is 2. The fourth-order valence-corrected chi connectivity index (χ4v) is 2.45. The molecule has 1 rings (SSSR count). The summed E-state index contributed by atoms with van der Waals surface area (Å²) >= 11 is 0. The molecule has 1 amide bonds. The van der Waals surface area contributed by atoms with Crippen molar-refractivity contribution in [3.8, 4) is 0 Å². The number of nitrogens with one attached hydrogen (secondary N) is 1. The van der Waals surface area contributed by atoms with Crippen molar-refractivity contribution in [1.29, 1.82) is 0 Å². The summed E-state index contributed by atoms with van der Waals surface area (Å²) in [6, 6.07) is 0.431. The molecule has 4 heteroatoms. The van der Waals surface area contributed by atoms with E-state index in [1.165, 1.54) is 12.8 Å². The van der Waals surface area contributed by atoms with Crippen LogP contribution in [0.3, 0.4) is 0 Å². The smallest absolute Gasteiger partial charge is 0.234 e. The van der Waals surface area contributed by atoms with Crippen molar-refractivity contribution >= 4 is 5.91 Å². The van der Waals surface area contributed by atoms with E-state index in [0.29, 0.717) is 19.1 Å². The summed E-state index contributed by atoms with van der Waals surface area (Å²) in [6.07, 6.45) is 6.89. The Bertz CT molecular complexity index is 215. The van der Waals surface area contributed by atoms with Gasteiger partial charge in [-0.3, -0.25) is 9.69 Å². The third-order valence-electron chi connectivity index (χ3n) is 3.31. The molecular formula is C13H27N3O. The number of nitrogens with two attached hydrogens (primary N) is 1. The van der Waals surface area contributed by atoms with E-state index < -0.39 is 0 Å². The fraction of sp³-hybridized carbons (Fsp3) is 0.923. The van der Waals surface area contributed by atoms with Gasteiger partial charge in [0.25, 0.3) is 0 Å². The Labute approximate surface area is 105 Å². The van der Waals surface area contributed by atoms with Gasteiger partial charge in [0, 0.05) is 6.04 Å². The predicted molar refractivity (Wildman–Crippen MR) is 70.8 cm³/mol. The molecule has 4 nitrogen and oxygen atoms in total. The van der Waals surface area contributed by atoms with Crippen LogP contribution < -0.4 is 11.1 Å². The molecule has 1 saturated carbocycles. The Morgan fingerprint density at radius 1 is 1.35 bits per heavy atom. The monoisotopic (exact) mass is 241 g/mol. The highest BCUT2D eigenvalue weighted by molar-refractivity contribution is 5.78. The van der Waals surface area contributed by atoms with Gasteiger partial charge < -0.3 is 11.1 Å². The van der Waals surface area contributed by atoms with Gasteiger partial charge in [0.1, 0.15) is 0 Å². The normalized spacial score (nSPS) is 16.6. The first kappa shape index (κ1) is 14.5. The second-order valence-electron chi connectivity index (χ2n) is 4.97. The van der Waals surface area contributed by atoms with Crippen LogP contribution >= 0.6 is 0 Å². The molecule has 0 aromatic carbocycles. The topological polar surface area (TPSA) is 58.4 Å². The Balaban J connectivity index is 2.23. The van der Waals surface area contributed by atoms with E-state index in [-0.39, 0.29) is 5.91 Å². The molecule has 0 heterocycles. The van der Waals surface area contributed by atoms with Gasteiger partial charge in [-0.1, -0.05) is 19.8 Å². The molecule has 0 radical (unpaired) electrons. The summed E-state index contributed by atoms with van der Waals surface area (Å²) in [6.45, 7) is 5.29. The van der Waals surface area contributed by atoms with Crippen molar-refractivity contribution < 1.29 is 4.79 Å². The quantitative estimate of drug-likeness (QED) is 0.669. The second-order valence-corrected chi connectivity index (χ2v) is 4.97. The van der Waals surface area contributed by atoms with Gasteiger partial charge in [0.2, 0.25) is 5.91 Å². The lowest BCUT2D eigenvalue weighted by Crippen LogP contribution is -2.42. The number of nitrogens with zero attached hydrogens (tertiary/aromatic N) is 1. The molecule has 0 spiro atoms. The first-order chi connectivity index (χ1) is 8.26. The third kappa shape index (κ3) is 6.03. The summed E-state index contributed by atoms with van der Waals surface area (Å²) in [5, 5.41) is 3.13. The van der Waals surface area contributed by atoms with Crippen LogP contribution in [-0.4, -0.2) is 43.0 Å². The largest absolute Gasteiger partial charge is 0.352 e. The lowest BCUT2D eigenvalue weighted by molar-refractivity contribution is -0.122. The molecular weight excluding hydrogens is 214 g/mol. The zero-order valence-electron chi connectivity index (χ0n) is 11.1. The van der Waals surface area contributed by atoms with Gasteiger partial charge in [-0.05, 0) is 45.3 Å². The maximum atomic E-state index is 11.9. The Hall–Kier alpha value is -0.610. The van der Waals surface area contributed by atoms with Crippen LogP contribution in [0, 0.1) is 0 Å². The summed E-state index contributed by atoms with van der Waals surface area (Å²) < 4.78 is 0. The van der Waals surface area contributed by atoms with Crippen molar-refractivity contribution in [2.45, 2.75) is 51.5 Å². The van der Waals surface area contributed by atoms with Crippen molar-refractivity contribution in [3.63, 3.8) is 0 Å². The summed E-state index contributed by atoms with van der Waals surface area (Å²) in [5.74, 6) is 0.183. The second kappa shape index (κ2) is 8.48. The average molecular weight is 241 g/mol. The number of carbonyl (C=O) groups is 1. The van der Waals surface area contributed by atoms with E-state index in [1.807, 2.05) is 0 Å². The van der Waals surface area contributed by atoms with E-state index >= 15 is 0 Å². The molecule has 0 bridgehead atoms. The van der Waals surface area contributed by atoms with Crippen LogP contribution in [0.4, 0.5) is 0 Å². The minimum Gasteiger partial charge on any atom is -0.352 e. The van der Waals surface area contributed by atoms with Gasteiger partial charge in [0.15, 0.2) is 0 Å². The lowest BCUT2D eigenvalue weighted by Gasteiger charge is -2.22. The van der Waals surface area contributed by atoms with Gasteiger partial charge in [0.05, 0.1) is 6.54 Å². The average Bonchev–Trinajstić information content (AvgIpc) is 2.78. The third-order valence-corrected chi connectivity index (χ3v) is 3.31. The molecule has 0 aromatic rings. The molecule has 0 aromatic heterocycles. The van der Waals surface area contributed by atoms with Crippen molar-refractivity contribution in [2.24, 2.45) is 5.73 Å². The van der Waals surface area contributed by atoms with Crippen LogP contribution in [0.15, 0.2) is 0 Å². The van der Waals surface area contributed by atoms with E-state index in [2.05, 4.69) is 17.1 Å². The van der Waals surface area contributed by atoms with E-state index in [9.17, 15) is 4.79 Å². The predicted octanol–water partition coefficient (Wildman–Crippen LogP) is 1.11. The first-order valence-corrected chi connectivity index (χ1v) is 6.98. The van der Waals surface area contributed by atoms with Crippen LogP contribution in [0.1, 0.15) is 45.4 Å². The number of hydrogen-bond acceptors (Lipinski definition) is 3. The van der Waals surface area contributed by atoms with Crippen molar-refractivity contribution in [3.05, 3.63) is 0 Å². The summed E-state index contributed by atoms with van der Waals surface area (Å²) in [5.41, 5.74) is 5.51. The highest BCUT2D eigenvalue weighted by atomic mass is 16.2. The zero-order valence-corrected chi connectivity index (χ0v) is 11.1. The number of rotatable bonds is 8. The maximum Gasteiger partial charge on any atom is 0.234 e. The molecule has 1 aliphatic carbocycles. The standard InChI is InChI=1S/C13H27N3O/c1-2-9-16(10-5-8-14)11-13(17)15-12-6-3-4-7-12/h12H,2-11,14H2,1H3,(H,15,17). The molecule has 0 aliphatic heterocycles. The molecule has 0 saturated heterocycles. The van der Waals surface area contributed by atoms with Crippen LogP contribution in [0.25, 0.3) is 0 Å². The summed E-state index contributed by atoms with van der Waals surface area (Å²) in [7, 11) is 0. The van der Waals surface area contributed by atoms with Crippen LogP contribution in [0.5, 0.6) is 0 Å². The molecule has 100 valence electrons.